The third-order valence-corrected chi connectivity index (χ3v) is 3.27. The molecular weight excluding hydrogens is 284 g/mol. The number of amides is 1. The van der Waals surface area contributed by atoms with E-state index in [1.54, 1.807) is 30.1 Å². The Balaban J connectivity index is 2.67. The van der Waals surface area contributed by atoms with Crippen molar-refractivity contribution in [2.24, 2.45) is 5.73 Å². The molecule has 0 saturated heterocycles. The first kappa shape index (κ1) is 15.7. The van der Waals surface area contributed by atoms with Gasteiger partial charge in [-0.05, 0) is 32.0 Å². The summed E-state index contributed by atoms with van der Waals surface area (Å²) in [7, 11) is 1.74. The Hall–Kier alpha value is -1.33. The summed E-state index contributed by atoms with van der Waals surface area (Å²) in [5.74, 6) is 0.417. The molecule has 0 fully saturated rings. The lowest BCUT2D eigenvalue weighted by atomic mass is 10.2. The van der Waals surface area contributed by atoms with Gasteiger partial charge in [-0.1, -0.05) is 23.8 Å². The van der Waals surface area contributed by atoms with Gasteiger partial charge in [0.15, 0.2) is 6.61 Å². The van der Waals surface area contributed by atoms with Crippen LogP contribution in [0, 0.1) is 0 Å². The molecule has 4 nitrogen and oxygen atoms in total. The first-order valence-electron chi connectivity index (χ1n) is 5.80. The number of ether oxygens (including phenoxy) is 1. The molecule has 19 heavy (non-hydrogen) atoms. The second-order valence-electron chi connectivity index (χ2n) is 4.39. The number of nitrogens with zero attached hydrogens (tertiary/aromatic N) is 1. The van der Waals surface area contributed by atoms with Gasteiger partial charge in [-0.2, -0.15) is 0 Å². The van der Waals surface area contributed by atoms with E-state index in [0.29, 0.717) is 16.3 Å². The van der Waals surface area contributed by atoms with Crippen molar-refractivity contribution in [1.82, 2.24) is 4.90 Å². The highest BCUT2D eigenvalue weighted by atomic mass is 35.5. The van der Waals surface area contributed by atoms with Gasteiger partial charge in [0.25, 0.3) is 5.91 Å². The first-order chi connectivity index (χ1) is 8.82. The molecule has 6 heteroatoms. The molecule has 1 rings (SSSR count). The molecule has 0 aliphatic heterocycles. The summed E-state index contributed by atoms with van der Waals surface area (Å²) < 4.78 is 5.39. The highest BCUT2D eigenvalue weighted by molar-refractivity contribution is 7.80. The fourth-order valence-electron chi connectivity index (χ4n) is 1.32. The van der Waals surface area contributed by atoms with Crippen LogP contribution in [-0.2, 0) is 4.79 Å². The van der Waals surface area contributed by atoms with Crippen LogP contribution in [-0.4, -0.2) is 35.5 Å². The topological polar surface area (TPSA) is 55.6 Å². The number of hydrogen-bond acceptors (Lipinski definition) is 3. The van der Waals surface area contributed by atoms with E-state index in [4.69, 9.17) is 34.3 Å². The van der Waals surface area contributed by atoms with E-state index in [1.807, 2.05) is 13.8 Å². The van der Waals surface area contributed by atoms with Crippen molar-refractivity contribution in [2.45, 2.75) is 19.9 Å². The van der Waals surface area contributed by atoms with Crippen LogP contribution in [0.15, 0.2) is 18.2 Å². The van der Waals surface area contributed by atoms with E-state index in [1.165, 1.54) is 0 Å². The number of likely N-dealkylation sites (N-methyl/N-ethyl adjacent to an activating group) is 1. The Morgan fingerprint density at radius 3 is 2.63 bits per heavy atom. The maximum atomic E-state index is 11.7. The molecule has 0 spiro atoms. The molecule has 0 aliphatic rings. The quantitative estimate of drug-likeness (QED) is 0.847. The minimum absolute atomic E-state index is 0.0303. The lowest BCUT2D eigenvalue weighted by Gasteiger charge is -2.21. The van der Waals surface area contributed by atoms with Gasteiger partial charge in [0.2, 0.25) is 0 Å². The van der Waals surface area contributed by atoms with Crippen LogP contribution in [0.5, 0.6) is 5.75 Å². The third kappa shape index (κ3) is 4.36. The van der Waals surface area contributed by atoms with Crippen LogP contribution >= 0.6 is 23.8 Å². The molecule has 1 aromatic carbocycles. The Labute approximate surface area is 123 Å². The van der Waals surface area contributed by atoms with Crippen molar-refractivity contribution in [3.8, 4) is 5.75 Å². The molecule has 0 aliphatic carbocycles. The molecule has 0 aromatic heterocycles. The smallest absolute Gasteiger partial charge is 0.260 e. The summed E-state index contributed by atoms with van der Waals surface area (Å²) in [6.07, 6.45) is 0. The Bertz CT molecular complexity index is 492. The van der Waals surface area contributed by atoms with Crippen molar-refractivity contribution in [3.63, 3.8) is 0 Å². The molecule has 0 saturated carbocycles. The van der Waals surface area contributed by atoms with E-state index in [9.17, 15) is 4.79 Å². The van der Waals surface area contributed by atoms with Crippen molar-refractivity contribution < 1.29 is 9.53 Å². The van der Waals surface area contributed by atoms with Crippen LogP contribution < -0.4 is 10.5 Å². The fourth-order valence-corrected chi connectivity index (χ4v) is 1.83. The summed E-state index contributed by atoms with van der Waals surface area (Å²) >= 11 is 10.9. The largest absolute Gasteiger partial charge is 0.484 e. The predicted octanol–water partition coefficient (Wildman–Crippen LogP) is 2.22. The van der Waals surface area contributed by atoms with E-state index in [-0.39, 0.29) is 23.5 Å². The van der Waals surface area contributed by atoms with Crippen LogP contribution in [0.2, 0.25) is 5.02 Å². The van der Waals surface area contributed by atoms with Crippen LogP contribution in [0.1, 0.15) is 19.4 Å². The van der Waals surface area contributed by atoms with Crippen LogP contribution in [0.25, 0.3) is 0 Å². The van der Waals surface area contributed by atoms with Crippen molar-refractivity contribution in [1.29, 1.82) is 0 Å². The van der Waals surface area contributed by atoms with Crippen molar-refractivity contribution >= 4 is 34.7 Å². The molecule has 104 valence electrons. The molecule has 0 heterocycles. The van der Waals surface area contributed by atoms with E-state index < -0.39 is 0 Å². The standard InChI is InChI=1S/C13H17ClN2O2S/c1-8(2)16(3)12(17)7-18-9-4-5-10(13(15)19)11(14)6-9/h4-6,8H,7H2,1-3H3,(H2,15,19). The van der Waals surface area contributed by atoms with Gasteiger partial charge in [-0.3, -0.25) is 4.79 Å². The summed E-state index contributed by atoms with van der Waals surface area (Å²) in [5, 5.41) is 0.412. The SMILES string of the molecule is CC(C)N(C)C(=O)COc1ccc(C(N)=S)c(Cl)c1. The molecule has 1 aromatic rings. The molecule has 0 radical (unpaired) electrons. The van der Waals surface area contributed by atoms with Gasteiger partial charge >= 0.3 is 0 Å². The van der Waals surface area contributed by atoms with E-state index in [2.05, 4.69) is 0 Å². The normalized spacial score (nSPS) is 10.4. The number of hydrogen-bond donors (Lipinski definition) is 1. The minimum Gasteiger partial charge on any atom is -0.484 e. The number of thiocarbonyl (C=S) groups is 1. The van der Waals surface area contributed by atoms with Gasteiger partial charge in [0, 0.05) is 18.7 Å². The number of nitrogens with two attached hydrogens (primary N) is 1. The van der Waals surface area contributed by atoms with Gasteiger partial charge in [-0.25, -0.2) is 0 Å². The zero-order valence-corrected chi connectivity index (χ0v) is 12.7. The van der Waals surface area contributed by atoms with Crippen LogP contribution in [0.3, 0.4) is 0 Å². The number of halogens is 1. The zero-order valence-electron chi connectivity index (χ0n) is 11.1. The summed E-state index contributed by atoms with van der Waals surface area (Å²) in [6.45, 7) is 3.84. The van der Waals surface area contributed by atoms with Gasteiger partial charge < -0.3 is 15.4 Å². The average Bonchev–Trinajstić information content (AvgIpc) is 2.34. The minimum atomic E-state index is -0.0930. The fraction of sp³-hybridized carbons (Fsp3) is 0.385. The van der Waals surface area contributed by atoms with Crippen LogP contribution in [0.4, 0.5) is 0 Å². The monoisotopic (exact) mass is 300 g/mol. The summed E-state index contributed by atoms with van der Waals surface area (Å²) in [4.78, 5) is 13.6. The highest BCUT2D eigenvalue weighted by Crippen LogP contribution is 2.22. The van der Waals surface area contributed by atoms with Gasteiger partial charge in [0.1, 0.15) is 10.7 Å². The number of rotatable bonds is 5. The van der Waals surface area contributed by atoms with E-state index in [0.717, 1.165) is 0 Å². The van der Waals surface area contributed by atoms with Crippen molar-refractivity contribution in [2.75, 3.05) is 13.7 Å². The lowest BCUT2D eigenvalue weighted by Crippen LogP contribution is -2.36. The number of carbonyl (C=O) groups excluding carboxylic acids is 1. The third-order valence-electron chi connectivity index (χ3n) is 2.74. The van der Waals surface area contributed by atoms with Crippen molar-refractivity contribution in [3.05, 3.63) is 28.8 Å². The predicted molar refractivity (Wildman–Crippen MR) is 80.7 cm³/mol. The molecule has 0 unspecified atom stereocenters. The molecule has 0 bridgehead atoms. The zero-order chi connectivity index (χ0) is 14.6. The molecule has 2 N–H and O–H groups in total. The lowest BCUT2D eigenvalue weighted by molar-refractivity contribution is -0.133. The summed E-state index contributed by atoms with van der Waals surface area (Å²) in [5.41, 5.74) is 6.10. The average molecular weight is 301 g/mol. The summed E-state index contributed by atoms with van der Waals surface area (Å²) in [6, 6.07) is 5.09. The molecule has 0 atom stereocenters. The first-order valence-corrected chi connectivity index (χ1v) is 6.59. The maximum absolute atomic E-state index is 11.7. The number of benzene rings is 1. The van der Waals surface area contributed by atoms with Gasteiger partial charge in [0.05, 0.1) is 5.02 Å². The molecule has 1 amide bonds. The highest BCUT2D eigenvalue weighted by Gasteiger charge is 2.13. The second-order valence-corrected chi connectivity index (χ2v) is 5.24. The molecular formula is C13H17ClN2O2S. The maximum Gasteiger partial charge on any atom is 0.260 e. The van der Waals surface area contributed by atoms with Gasteiger partial charge in [-0.15, -0.1) is 0 Å². The Morgan fingerprint density at radius 1 is 1.53 bits per heavy atom. The Morgan fingerprint density at radius 2 is 2.16 bits per heavy atom. The second kappa shape index (κ2) is 6.73. The Kier molecular flexibility index (Phi) is 5.57. The number of carbonyl (C=O) groups is 1. The van der Waals surface area contributed by atoms with E-state index >= 15 is 0 Å².